The van der Waals surface area contributed by atoms with Crippen LogP contribution in [0, 0.1) is 6.92 Å². The average molecular weight is 396 g/mol. The molecule has 2 aliphatic rings. The van der Waals surface area contributed by atoms with Crippen LogP contribution < -0.4 is 5.32 Å². The third-order valence-electron chi connectivity index (χ3n) is 5.41. The van der Waals surface area contributed by atoms with Crippen LogP contribution in [-0.2, 0) is 11.3 Å². The second kappa shape index (κ2) is 8.99. The highest BCUT2D eigenvalue weighted by Gasteiger charge is 2.35. The summed E-state index contributed by atoms with van der Waals surface area (Å²) in [7, 11) is 0. The van der Waals surface area contributed by atoms with Crippen LogP contribution in [0.25, 0.3) is 0 Å². The summed E-state index contributed by atoms with van der Waals surface area (Å²) in [4.78, 5) is 34.1. The molecule has 27 heavy (non-hydrogen) atoms. The van der Waals surface area contributed by atoms with Crippen LogP contribution in [0.3, 0.4) is 0 Å². The van der Waals surface area contributed by atoms with Crippen molar-refractivity contribution in [2.24, 2.45) is 0 Å². The Bertz CT molecular complexity index is 653. The molecule has 0 radical (unpaired) electrons. The Hall–Kier alpha value is -1.71. The Balaban J connectivity index is 1.36. The van der Waals surface area contributed by atoms with Crippen LogP contribution in [-0.4, -0.2) is 88.1 Å². The third kappa shape index (κ3) is 5.40. The van der Waals surface area contributed by atoms with Crippen LogP contribution in [0.4, 0.5) is 4.79 Å². The van der Waals surface area contributed by atoms with E-state index in [1.54, 1.807) is 11.3 Å². The number of carbonyl (C=O) groups is 2. The number of aromatic nitrogens is 1. The van der Waals surface area contributed by atoms with Crippen molar-refractivity contribution in [3.63, 3.8) is 0 Å². The highest BCUT2D eigenvalue weighted by Crippen LogP contribution is 2.25. The van der Waals surface area contributed by atoms with Crippen LogP contribution in [0.2, 0.25) is 0 Å². The number of aliphatic carboxylic acids is 1. The van der Waals surface area contributed by atoms with Crippen molar-refractivity contribution in [1.82, 2.24) is 25.0 Å². The lowest BCUT2D eigenvalue weighted by atomic mass is 9.85. The van der Waals surface area contributed by atoms with E-state index in [0.717, 1.165) is 62.8 Å². The number of rotatable bonds is 7. The second-order valence-corrected chi connectivity index (χ2v) is 8.41. The summed E-state index contributed by atoms with van der Waals surface area (Å²) in [5.74, 6) is -0.796. The van der Waals surface area contributed by atoms with Gasteiger partial charge in [0, 0.05) is 50.2 Å². The zero-order valence-electron chi connectivity index (χ0n) is 16.1. The lowest BCUT2D eigenvalue weighted by molar-refractivity contribution is -0.139. The van der Waals surface area contributed by atoms with Crippen molar-refractivity contribution < 1.29 is 14.7 Å². The number of amides is 2. The van der Waals surface area contributed by atoms with Gasteiger partial charge in [0.1, 0.15) is 0 Å². The molecule has 150 valence electrons. The standard InChI is InChI=1S/C18H29N5O3S/c1-3-22(11-17(24)25)16-8-14(9-16)20-18(26)23-6-4-21(5-7-23)10-15-12-27-13(2)19-15/h12,14,16H,3-11H2,1-2H3,(H,20,26)(H,24,25). The van der Waals surface area contributed by atoms with Gasteiger partial charge >= 0.3 is 12.0 Å². The van der Waals surface area contributed by atoms with Crippen molar-refractivity contribution in [3.8, 4) is 0 Å². The van der Waals surface area contributed by atoms with Crippen LogP contribution in [0.15, 0.2) is 5.38 Å². The number of hydrogen-bond donors (Lipinski definition) is 2. The van der Waals surface area contributed by atoms with Crippen molar-refractivity contribution in [1.29, 1.82) is 0 Å². The largest absolute Gasteiger partial charge is 0.480 e. The molecule has 1 aromatic rings. The summed E-state index contributed by atoms with van der Waals surface area (Å²) in [6, 6.07) is 0.417. The summed E-state index contributed by atoms with van der Waals surface area (Å²) in [6.45, 7) is 8.81. The van der Waals surface area contributed by atoms with E-state index in [1.807, 2.05) is 23.6 Å². The van der Waals surface area contributed by atoms with E-state index in [9.17, 15) is 9.59 Å². The molecule has 9 heteroatoms. The Morgan fingerprint density at radius 1 is 1.33 bits per heavy atom. The molecule has 1 aliphatic heterocycles. The zero-order chi connectivity index (χ0) is 19.4. The number of urea groups is 1. The normalized spacial score (nSPS) is 23.3. The molecule has 1 saturated carbocycles. The maximum atomic E-state index is 12.5. The first-order chi connectivity index (χ1) is 12.9. The van der Waals surface area contributed by atoms with Gasteiger partial charge in [-0.2, -0.15) is 0 Å². The number of hydrogen-bond acceptors (Lipinski definition) is 6. The number of likely N-dealkylation sites (N-methyl/N-ethyl adjacent to an activating group) is 1. The minimum atomic E-state index is -0.796. The van der Waals surface area contributed by atoms with Gasteiger partial charge in [0.05, 0.1) is 17.2 Å². The quantitative estimate of drug-likeness (QED) is 0.722. The highest BCUT2D eigenvalue weighted by molar-refractivity contribution is 7.09. The molecule has 2 amide bonds. The summed E-state index contributed by atoms with van der Waals surface area (Å²) in [5, 5.41) is 15.2. The van der Waals surface area contributed by atoms with E-state index in [-0.39, 0.29) is 24.7 Å². The molecule has 0 atom stereocenters. The third-order valence-corrected chi connectivity index (χ3v) is 6.24. The number of nitrogens with one attached hydrogen (secondary N) is 1. The molecule has 1 aromatic heterocycles. The van der Waals surface area contributed by atoms with Crippen LogP contribution in [0.1, 0.15) is 30.5 Å². The van der Waals surface area contributed by atoms with E-state index >= 15 is 0 Å². The van der Waals surface area contributed by atoms with Gasteiger partial charge in [0.25, 0.3) is 0 Å². The van der Waals surface area contributed by atoms with Gasteiger partial charge in [-0.3, -0.25) is 14.6 Å². The lowest BCUT2D eigenvalue weighted by Gasteiger charge is -2.43. The molecule has 2 N–H and O–H groups in total. The number of carbonyl (C=O) groups excluding carboxylic acids is 1. The molecule has 0 unspecified atom stereocenters. The summed E-state index contributed by atoms with van der Waals surface area (Å²) >= 11 is 1.67. The Morgan fingerprint density at radius 3 is 2.59 bits per heavy atom. The van der Waals surface area contributed by atoms with Gasteiger partial charge < -0.3 is 15.3 Å². The minimum absolute atomic E-state index is 0.00360. The molecule has 8 nitrogen and oxygen atoms in total. The predicted octanol–water partition coefficient (Wildman–Crippen LogP) is 1.22. The van der Waals surface area contributed by atoms with Crippen molar-refractivity contribution in [3.05, 3.63) is 16.1 Å². The van der Waals surface area contributed by atoms with Crippen molar-refractivity contribution >= 4 is 23.3 Å². The SMILES string of the molecule is CCN(CC(=O)O)C1CC(NC(=O)N2CCN(Cc3csc(C)n3)CC2)C1. The fourth-order valence-corrected chi connectivity index (χ4v) is 4.37. The monoisotopic (exact) mass is 395 g/mol. The first-order valence-electron chi connectivity index (χ1n) is 9.59. The summed E-state index contributed by atoms with van der Waals surface area (Å²) in [6.07, 6.45) is 1.66. The molecular weight excluding hydrogens is 366 g/mol. The molecular formula is C18H29N5O3S. The Kier molecular flexibility index (Phi) is 6.67. The van der Waals surface area contributed by atoms with Crippen molar-refractivity contribution in [2.75, 3.05) is 39.3 Å². The highest BCUT2D eigenvalue weighted by atomic mass is 32.1. The molecule has 2 fully saturated rings. The molecule has 1 saturated heterocycles. The minimum Gasteiger partial charge on any atom is -0.480 e. The fraction of sp³-hybridized carbons (Fsp3) is 0.722. The Morgan fingerprint density at radius 2 is 2.04 bits per heavy atom. The van der Waals surface area contributed by atoms with Gasteiger partial charge in [-0.25, -0.2) is 9.78 Å². The number of carboxylic acid groups (broad SMARTS) is 1. The van der Waals surface area contributed by atoms with Gasteiger partial charge in [0.15, 0.2) is 0 Å². The predicted molar refractivity (Wildman–Crippen MR) is 104 cm³/mol. The summed E-state index contributed by atoms with van der Waals surface area (Å²) in [5.41, 5.74) is 1.11. The van der Waals surface area contributed by atoms with E-state index in [4.69, 9.17) is 5.11 Å². The van der Waals surface area contributed by atoms with Crippen molar-refractivity contribution in [2.45, 2.75) is 45.3 Å². The molecule has 0 bridgehead atoms. The van der Waals surface area contributed by atoms with E-state index < -0.39 is 5.97 Å². The van der Waals surface area contributed by atoms with E-state index in [2.05, 4.69) is 20.6 Å². The zero-order valence-corrected chi connectivity index (χ0v) is 16.9. The van der Waals surface area contributed by atoms with Gasteiger partial charge in [-0.05, 0) is 26.3 Å². The number of aryl methyl sites for hydroxylation is 1. The first-order valence-corrected chi connectivity index (χ1v) is 10.5. The van der Waals surface area contributed by atoms with Crippen LogP contribution >= 0.6 is 11.3 Å². The molecule has 0 aromatic carbocycles. The van der Waals surface area contributed by atoms with E-state index in [0.29, 0.717) is 0 Å². The number of nitrogens with zero attached hydrogens (tertiary/aromatic N) is 4. The molecule has 1 aliphatic carbocycles. The van der Waals surface area contributed by atoms with Crippen LogP contribution in [0.5, 0.6) is 0 Å². The first kappa shape index (κ1) is 20.0. The molecule has 3 rings (SSSR count). The average Bonchev–Trinajstić information content (AvgIpc) is 3.01. The summed E-state index contributed by atoms with van der Waals surface area (Å²) < 4.78 is 0. The van der Waals surface area contributed by atoms with Gasteiger partial charge in [-0.15, -0.1) is 11.3 Å². The second-order valence-electron chi connectivity index (χ2n) is 7.35. The maximum absolute atomic E-state index is 12.5. The lowest BCUT2D eigenvalue weighted by Crippen LogP contribution is -2.58. The van der Waals surface area contributed by atoms with Gasteiger partial charge in [-0.1, -0.05) is 6.92 Å². The topological polar surface area (TPSA) is 89.0 Å². The number of piperazine rings is 1. The maximum Gasteiger partial charge on any atom is 0.317 e. The smallest absolute Gasteiger partial charge is 0.317 e. The number of thiazole rings is 1. The van der Waals surface area contributed by atoms with E-state index in [1.165, 1.54) is 0 Å². The Labute approximate surface area is 164 Å². The molecule has 0 spiro atoms. The fourth-order valence-electron chi connectivity index (χ4n) is 3.76. The van der Waals surface area contributed by atoms with Gasteiger partial charge in [0.2, 0.25) is 0 Å². The number of carboxylic acids is 1. The molecule has 2 heterocycles.